The number of nitrogens with zero attached hydrogens (tertiary/aromatic N) is 2. The van der Waals surface area contributed by atoms with Gasteiger partial charge in [-0.1, -0.05) is 43.3 Å². The Morgan fingerprint density at radius 1 is 0.941 bits per heavy atom. The molecule has 2 heterocycles. The van der Waals surface area contributed by atoms with Crippen LogP contribution in [0.5, 0.6) is 11.5 Å². The largest absolute Gasteiger partial charge is 0.486 e. The Morgan fingerprint density at radius 2 is 1.65 bits per heavy atom. The van der Waals surface area contributed by atoms with E-state index in [2.05, 4.69) is 0 Å². The SMILES string of the molecule is CCC(=O)N(c1ccccc1)[C@H]1C[C@@H](C)N(C(=O)c2ccc3c(c2)OCCO3)c2ccccc21. The van der Waals surface area contributed by atoms with Crippen LogP contribution in [0.15, 0.2) is 72.8 Å². The fourth-order valence-corrected chi connectivity index (χ4v) is 4.91. The van der Waals surface area contributed by atoms with Crippen molar-refractivity contribution in [2.45, 2.75) is 38.8 Å². The first-order valence-corrected chi connectivity index (χ1v) is 11.8. The summed E-state index contributed by atoms with van der Waals surface area (Å²) in [6, 6.07) is 22.7. The molecule has 0 bridgehead atoms. The third-order valence-corrected chi connectivity index (χ3v) is 6.49. The van der Waals surface area contributed by atoms with Gasteiger partial charge in [0.05, 0.1) is 6.04 Å². The van der Waals surface area contributed by atoms with Gasteiger partial charge >= 0.3 is 0 Å². The van der Waals surface area contributed by atoms with Gasteiger partial charge in [-0.15, -0.1) is 0 Å². The second kappa shape index (κ2) is 9.21. The molecule has 5 rings (SSSR count). The van der Waals surface area contributed by atoms with Crippen LogP contribution < -0.4 is 19.3 Å². The zero-order valence-corrected chi connectivity index (χ0v) is 19.4. The van der Waals surface area contributed by atoms with Gasteiger partial charge in [0, 0.05) is 29.4 Å². The summed E-state index contributed by atoms with van der Waals surface area (Å²) in [5, 5.41) is 0. The van der Waals surface area contributed by atoms with Gasteiger partial charge in [0.2, 0.25) is 5.91 Å². The highest BCUT2D eigenvalue weighted by Crippen LogP contribution is 2.43. The summed E-state index contributed by atoms with van der Waals surface area (Å²) >= 11 is 0. The molecule has 0 N–H and O–H groups in total. The molecular formula is C28H28N2O4. The van der Waals surface area contributed by atoms with Gasteiger partial charge in [0.25, 0.3) is 5.91 Å². The van der Waals surface area contributed by atoms with Gasteiger partial charge in [0.15, 0.2) is 11.5 Å². The molecule has 0 saturated carbocycles. The molecule has 6 heteroatoms. The molecule has 34 heavy (non-hydrogen) atoms. The van der Waals surface area contributed by atoms with Crippen LogP contribution in [0.25, 0.3) is 0 Å². The molecule has 2 atom stereocenters. The van der Waals surface area contributed by atoms with Gasteiger partial charge in [-0.2, -0.15) is 0 Å². The van der Waals surface area contributed by atoms with Crippen LogP contribution in [0.4, 0.5) is 11.4 Å². The van der Waals surface area contributed by atoms with Gasteiger partial charge < -0.3 is 19.3 Å². The minimum atomic E-state index is -0.162. The van der Waals surface area contributed by atoms with Crippen molar-refractivity contribution in [2.75, 3.05) is 23.0 Å². The molecule has 0 unspecified atom stereocenters. The fourth-order valence-electron chi connectivity index (χ4n) is 4.91. The molecule has 0 spiro atoms. The van der Waals surface area contributed by atoms with Crippen molar-refractivity contribution >= 4 is 23.2 Å². The van der Waals surface area contributed by atoms with E-state index in [9.17, 15) is 9.59 Å². The monoisotopic (exact) mass is 456 g/mol. The van der Waals surface area contributed by atoms with Crippen LogP contribution >= 0.6 is 0 Å². The Balaban J connectivity index is 1.54. The number of para-hydroxylation sites is 2. The van der Waals surface area contributed by atoms with E-state index in [1.807, 2.05) is 78.2 Å². The molecule has 2 aliphatic rings. The molecule has 6 nitrogen and oxygen atoms in total. The van der Waals surface area contributed by atoms with E-state index in [1.165, 1.54) is 0 Å². The summed E-state index contributed by atoms with van der Waals surface area (Å²) in [6.45, 7) is 4.90. The fraction of sp³-hybridized carbons (Fsp3) is 0.286. The first-order valence-electron chi connectivity index (χ1n) is 11.8. The van der Waals surface area contributed by atoms with E-state index in [-0.39, 0.29) is 23.9 Å². The Bertz CT molecular complexity index is 1210. The van der Waals surface area contributed by atoms with Gasteiger partial charge in [-0.05, 0) is 55.3 Å². The average Bonchev–Trinajstić information content (AvgIpc) is 2.88. The van der Waals surface area contributed by atoms with E-state index < -0.39 is 0 Å². The number of carbonyl (C=O) groups is 2. The minimum Gasteiger partial charge on any atom is -0.486 e. The molecule has 3 aromatic carbocycles. The van der Waals surface area contributed by atoms with Gasteiger partial charge in [0.1, 0.15) is 13.2 Å². The topological polar surface area (TPSA) is 59.1 Å². The maximum Gasteiger partial charge on any atom is 0.258 e. The maximum atomic E-state index is 13.7. The van der Waals surface area contributed by atoms with Crippen molar-refractivity contribution in [3.63, 3.8) is 0 Å². The molecule has 0 aromatic heterocycles. The van der Waals surface area contributed by atoms with Crippen LogP contribution in [0.3, 0.4) is 0 Å². The highest BCUT2D eigenvalue weighted by atomic mass is 16.6. The normalized spacial score (nSPS) is 18.7. The Kier molecular flexibility index (Phi) is 5.97. The lowest BCUT2D eigenvalue weighted by molar-refractivity contribution is -0.118. The van der Waals surface area contributed by atoms with E-state index in [0.717, 1.165) is 16.9 Å². The van der Waals surface area contributed by atoms with Crippen molar-refractivity contribution in [3.8, 4) is 11.5 Å². The van der Waals surface area contributed by atoms with Crippen molar-refractivity contribution in [3.05, 3.63) is 83.9 Å². The van der Waals surface area contributed by atoms with Crippen LogP contribution in [0, 0.1) is 0 Å². The Hall–Kier alpha value is -3.80. The number of hydrogen-bond donors (Lipinski definition) is 0. The highest BCUT2D eigenvalue weighted by molar-refractivity contribution is 6.08. The zero-order chi connectivity index (χ0) is 23.7. The van der Waals surface area contributed by atoms with E-state index in [1.54, 1.807) is 18.2 Å². The molecular weight excluding hydrogens is 428 g/mol. The van der Waals surface area contributed by atoms with Gasteiger partial charge in [-0.3, -0.25) is 9.59 Å². The second-order valence-electron chi connectivity index (χ2n) is 8.65. The molecule has 0 radical (unpaired) electrons. The molecule has 0 saturated heterocycles. The second-order valence-corrected chi connectivity index (χ2v) is 8.65. The number of amides is 2. The lowest BCUT2D eigenvalue weighted by Crippen LogP contribution is -2.47. The summed E-state index contributed by atoms with van der Waals surface area (Å²) in [4.78, 5) is 30.6. The minimum absolute atomic E-state index is 0.0600. The van der Waals surface area contributed by atoms with Crippen LogP contribution in [0.1, 0.15) is 48.7 Å². The standard InChI is InChI=1S/C28H28N2O4/c1-3-27(31)30(21-9-5-4-6-10-21)24-17-19(2)29(23-12-8-7-11-22(23)24)28(32)20-13-14-25-26(18-20)34-16-15-33-25/h4-14,18-19,24H,3,15-17H2,1-2H3/t19-,24+/m1/s1. The molecule has 0 aliphatic carbocycles. The number of anilines is 2. The lowest BCUT2D eigenvalue weighted by atomic mass is 9.89. The maximum absolute atomic E-state index is 13.7. The first-order chi connectivity index (χ1) is 16.6. The lowest BCUT2D eigenvalue weighted by Gasteiger charge is -2.43. The van der Waals surface area contributed by atoms with Crippen LogP contribution in [-0.4, -0.2) is 31.1 Å². The summed E-state index contributed by atoms with van der Waals surface area (Å²) in [7, 11) is 0. The smallest absolute Gasteiger partial charge is 0.258 e. The summed E-state index contributed by atoms with van der Waals surface area (Å²) in [6.07, 6.45) is 1.04. The number of rotatable bonds is 4. The highest BCUT2D eigenvalue weighted by Gasteiger charge is 2.38. The summed E-state index contributed by atoms with van der Waals surface area (Å²) < 4.78 is 11.3. The van der Waals surface area contributed by atoms with Crippen molar-refractivity contribution in [2.24, 2.45) is 0 Å². The van der Waals surface area contributed by atoms with E-state index in [0.29, 0.717) is 43.1 Å². The van der Waals surface area contributed by atoms with Crippen molar-refractivity contribution in [1.29, 1.82) is 0 Å². The third-order valence-electron chi connectivity index (χ3n) is 6.49. The van der Waals surface area contributed by atoms with Crippen molar-refractivity contribution in [1.82, 2.24) is 0 Å². The zero-order valence-electron chi connectivity index (χ0n) is 19.4. The summed E-state index contributed by atoms with van der Waals surface area (Å²) in [5.74, 6) is 1.22. The molecule has 0 fully saturated rings. The molecule has 2 aliphatic heterocycles. The predicted octanol–water partition coefficient (Wildman–Crippen LogP) is 5.38. The third kappa shape index (κ3) is 3.89. The van der Waals surface area contributed by atoms with Gasteiger partial charge in [-0.25, -0.2) is 0 Å². The molecule has 3 aromatic rings. The first kappa shape index (κ1) is 22.0. The predicted molar refractivity (Wildman–Crippen MR) is 132 cm³/mol. The molecule has 174 valence electrons. The number of ether oxygens (including phenoxy) is 2. The van der Waals surface area contributed by atoms with E-state index >= 15 is 0 Å². The number of fused-ring (bicyclic) bond motifs is 2. The number of hydrogen-bond acceptors (Lipinski definition) is 4. The van der Waals surface area contributed by atoms with Crippen molar-refractivity contribution < 1.29 is 19.1 Å². The van der Waals surface area contributed by atoms with Crippen LogP contribution in [-0.2, 0) is 4.79 Å². The molecule has 2 amide bonds. The summed E-state index contributed by atoms with van der Waals surface area (Å²) in [5.41, 5.74) is 3.22. The quantitative estimate of drug-likeness (QED) is 0.529. The van der Waals surface area contributed by atoms with E-state index in [4.69, 9.17) is 9.47 Å². The number of benzene rings is 3. The Morgan fingerprint density at radius 3 is 2.41 bits per heavy atom. The van der Waals surface area contributed by atoms with Crippen LogP contribution in [0.2, 0.25) is 0 Å². The Labute approximate surface area is 199 Å². The number of carbonyl (C=O) groups excluding carboxylic acids is 2. The average molecular weight is 457 g/mol.